The van der Waals surface area contributed by atoms with Gasteiger partial charge in [-0.25, -0.2) is 9.59 Å². The summed E-state index contributed by atoms with van der Waals surface area (Å²) >= 11 is 0. The Morgan fingerprint density at radius 1 is 0.829 bits per heavy atom. The standard InChI is InChI=1S/C28H28O7/c1-2-23-24(33-26(29)21-14-8-4-9-15-21)25(34-27(30)22-16-10-5-11-17-22)28(31,35-23)19-32-18-20-12-6-3-7-13-20/h3-17,23-25,31H,2,18-19H2,1H3/t23-,24+,25?,28-/m1/s1. The Morgan fingerprint density at radius 2 is 1.34 bits per heavy atom. The Balaban J connectivity index is 1.56. The molecule has 35 heavy (non-hydrogen) atoms. The molecule has 7 heteroatoms. The summed E-state index contributed by atoms with van der Waals surface area (Å²) in [5, 5.41) is 11.5. The molecule has 4 rings (SSSR count). The number of hydrogen-bond donors (Lipinski definition) is 1. The fraction of sp³-hybridized carbons (Fsp3) is 0.286. The molecule has 0 radical (unpaired) electrons. The van der Waals surface area contributed by atoms with Gasteiger partial charge in [0.1, 0.15) is 12.7 Å². The minimum atomic E-state index is -2.01. The van der Waals surface area contributed by atoms with E-state index >= 15 is 0 Å². The van der Waals surface area contributed by atoms with Gasteiger partial charge in [0.2, 0.25) is 5.79 Å². The van der Waals surface area contributed by atoms with E-state index in [0.717, 1.165) is 5.56 Å². The fourth-order valence-corrected chi connectivity index (χ4v) is 3.99. The predicted molar refractivity (Wildman–Crippen MR) is 128 cm³/mol. The topological polar surface area (TPSA) is 91.3 Å². The van der Waals surface area contributed by atoms with Crippen LogP contribution >= 0.6 is 0 Å². The first-order valence-electron chi connectivity index (χ1n) is 11.5. The molecule has 3 aromatic carbocycles. The van der Waals surface area contributed by atoms with Gasteiger partial charge < -0.3 is 24.1 Å². The van der Waals surface area contributed by atoms with Gasteiger partial charge in [0.15, 0.2) is 12.2 Å². The zero-order chi connectivity index (χ0) is 24.7. The monoisotopic (exact) mass is 476 g/mol. The van der Waals surface area contributed by atoms with Gasteiger partial charge in [0, 0.05) is 0 Å². The molecule has 1 saturated heterocycles. The van der Waals surface area contributed by atoms with Crippen molar-refractivity contribution in [2.24, 2.45) is 0 Å². The average molecular weight is 477 g/mol. The van der Waals surface area contributed by atoms with Gasteiger partial charge in [-0.1, -0.05) is 73.7 Å². The highest BCUT2D eigenvalue weighted by Crippen LogP contribution is 2.36. The smallest absolute Gasteiger partial charge is 0.338 e. The van der Waals surface area contributed by atoms with E-state index in [-0.39, 0.29) is 13.2 Å². The molecule has 1 aliphatic heterocycles. The summed E-state index contributed by atoms with van der Waals surface area (Å²) in [6.45, 7) is 1.77. The first kappa shape index (κ1) is 24.6. The second-order valence-electron chi connectivity index (χ2n) is 8.32. The van der Waals surface area contributed by atoms with E-state index in [0.29, 0.717) is 17.5 Å². The van der Waals surface area contributed by atoms with E-state index < -0.39 is 36.0 Å². The maximum Gasteiger partial charge on any atom is 0.338 e. The van der Waals surface area contributed by atoms with Gasteiger partial charge in [0.25, 0.3) is 0 Å². The quantitative estimate of drug-likeness (QED) is 0.464. The summed E-state index contributed by atoms with van der Waals surface area (Å²) in [5.41, 5.74) is 1.55. The van der Waals surface area contributed by atoms with Crippen LogP contribution in [0.3, 0.4) is 0 Å². The highest BCUT2D eigenvalue weighted by molar-refractivity contribution is 5.90. The summed E-state index contributed by atoms with van der Waals surface area (Å²) < 4.78 is 23.1. The third-order valence-corrected chi connectivity index (χ3v) is 5.78. The Morgan fingerprint density at radius 3 is 1.89 bits per heavy atom. The number of rotatable bonds is 9. The van der Waals surface area contributed by atoms with E-state index in [4.69, 9.17) is 18.9 Å². The molecule has 0 saturated carbocycles. The van der Waals surface area contributed by atoms with Crippen molar-refractivity contribution in [3.8, 4) is 0 Å². The first-order chi connectivity index (χ1) is 17.0. The highest BCUT2D eigenvalue weighted by Gasteiger charge is 2.58. The SMILES string of the molecule is CC[C@H]1O[C@](O)(COCc2ccccc2)C(OC(=O)c2ccccc2)[C@H]1OC(=O)c1ccccc1. The number of hydrogen-bond acceptors (Lipinski definition) is 7. The summed E-state index contributed by atoms with van der Waals surface area (Å²) in [5.74, 6) is -3.28. The highest BCUT2D eigenvalue weighted by atomic mass is 16.7. The fourth-order valence-electron chi connectivity index (χ4n) is 3.99. The van der Waals surface area contributed by atoms with Gasteiger partial charge in [-0.3, -0.25) is 0 Å². The predicted octanol–water partition coefficient (Wildman–Crippen LogP) is 4.15. The number of esters is 2. The summed E-state index contributed by atoms with van der Waals surface area (Å²) in [7, 11) is 0. The average Bonchev–Trinajstić information content (AvgIpc) is 3.16. The molecule has 7 nitrogen and oxygen atoms in total. The molecule has 1 heterocycles. The van der Waals surface area contributed by atoms with Gasteiger partial charge in [-0.2, -0.15) is 0 Å². The van der Waals surface area contributed by atoms with E-state index in [1.165, 1.54) is 0 Å². The van der Waals surface area contributed by atoms with Crippen molar-refractivity contribution in [1.29, 1.82) is 0 Å². The summed E-state index contributed by atoms with van der Waals surface area (Å²) in [6, 6.07) is 26.3. The van der Waals surface area contributed by atoms with Crippen LogP contribution in [-0.2, 0) is 25.6 Å². The third kappa shape index (κ3) is 5.95. The van der Waals surface area contributed by atoms with Crippen molar-refractivity contribution in [3.05, 3.63) is 108 Å². The van der Waals surface area contributed by atoms with E-state index in [2.05, 4.69) is 0 Å². The first-order valence-corrected chi connectivity index (χ1v) is 11.5. The second-order valence-corrected chi connectivity index (χ2v) is 8.32. The molecule has 1 aliphatic rings. The maximum atomic E-state index is 12.9. The van der Waals surface area contributed by atoms with Crippen molar-refractivity contribution < 1.29 is 33.6 Å². The lowest BCUT2D eigenvalue weighted by Gasteiger charge is -2.29. The minimum Gasteiger partial charge on any atom is -0.452 e. The van der Waals surface area contributed by atoms with E-state index in [1.54, 1.807) is 60.7 Å². The molecule has 1 fully saturated rings. The van der Waals surface area contributed by atoms with Crippen LogP contribution in [0.25, 0.3) is 0 Å². The number of ether oxygens (including phenoxy) is 4. The molecule has 1 N–H and O–H groups in total. The summed E-state index contributed by atoms with van der Waals surface area (Å²) in [4.78, 5) is 25.8. The van der Waals surface area contributed by atoms with Gasteiger partial charge in [-0.05, 0) is 36.2 Å². The van der Waals surface area contributed by atoms with Crippen molar-refractivity contribution in [2.45, 2.75) is 44.1 Å². The largest absolute Gasteiger partial charge is 0.452 e. The van der Waals surface area contributed by atoms with Gasteiger partial charge in [-0.15, -0.1) is 0 Å². The van der Waals surface area contributed by atoms with Crippen molar-refractivity contribution in [2.75, 3.05) is 6.61 Å². The van der Waals surface area contributed by atoms with Gasteiger partial charge >= 0.3 is 11.9 Å². The lowest BCUT2D eigenvalue weighted by atomic mass is 10.0. The van der Waals surface area contributed by atoms with E-state index in [9.17, 15) is 14.7 Å². The minimum absolute atomic E-state index is 0.219. The molecule has 0 bridgehead atoms. The van der Waals surface area contributed by atoms with Crippen LogP contribution in [0.1, 0.15) is 39.6 Å². The maximum absolute atomic E-state index is 12.9. The zero-order valence-corrected chi connectivity index (χ0v) is 19.4. The number of benzene rings is 3. The van der Waals surface area contributed by atoms with Crippen molar-refractivity contribution in [1.82, 2.24) is 0 Å². The summed E-state index contributed by atoms with van der Waals surface area (Å²) in [6.07, 6.45) is -2.64. The normalized spacial score (nSPS) is 23.5. The van der Waals surface area contributed by atoms with Crippen LogP contribution in [0.15, 0.2) is 91.0 Å². The molecule has 0 aromatic heterocycles. The van der Waals surface area contributed by atoms with Crippen molar-refractivity contribution in [3.63, 3.8) is 0 Å². The lowest BCUT2D eigenvalue weighted by Crippen LogP contribution is -2.50. The molecule has 4 atom stereocenters. The molecule has 3 aromatic rings. The molecule has 0 aliphatic carbocycles. The van der Waals surface area contributed by atoms with Crippen LogP contribution in [0.2, 0.25) is 0 Å². The number of carbonyl (C=O) groups excluding carboxylic acids is 2. The Bertz CT molecular complexity index is 1100. The Kier molecular flexibility index (Phi) is 7.92. The van der Waals surface area contributed by atoms with Crippen LogP contribution in [0, 0.1) is 0 Å². The molecular weight excluding hydrogens is 448 g/mol. The van der Waals surface area contributed by atoms with E-state index in [1.807, 2.05) is 37.3 Å². The number of carbonyl (C=O) groups is 2. The Hall–Kier alpha value is -3.52. The molecule has 1 unspecified atom stereocenters. The van der Waals surface area contributed by atoms with Gasteiger partial charge in [0.05, 0.1) is 17.7 Å². The molecule has 0 spiro atoms. The molecule has 182 valence electrons. The van der Waals surface area contributed by atoms with Crippen LogP contribution in [-0.4, -0.2) is 47.8 Å². The van der Waals surface area contributed by atoms with Crippen LogP contribution in [0.5, 0.6) is 0 Å². The third-order valence-electron chi connectivity index (χ3n) is 5.78. The second kappa shape index (κ2) is 11.3. The zero-order valence-electron chi connectivity index (χ0n) is 19.4. The molecular formula is C28H28O7. The molecule has 0 amide bonds. The van der Waals surface area contributed by atoms with Crippen LogP contribution in [0.4, 0.5) is 0 Å². The van der Waals surface area contributed by atoms with Crippen molar-refractivity contribution >= 4 is 11.9 Å². The number of aliphatic hydroxyl groups is 1. The lowest BCUT2D eigenvalue weighted by molar-refractivity contribution is -0.254. The van der Waals surface area contributed by atoms with Crippen LogP contribution < -0.4 is 0 Å². The Labute approximate surface area is 204 Å².